The zero-order valence-corrected chi connectivity index (χ0v) is 10.1. The lowest BCUT2D eigenvalue weighted by atomic mass is 9.92. The van der Waals surface area contributed by atoms with E-state index in [0.717, 1.165) is 9.86 Å². The molecular weight excluding hydrogens is 282 g/mol. The van der Waals surface area contributed by atoms with Gasteiger partial charge in [-0.3, -0.25) is 0 Å². The van der Waals surface area contributed by atoms with E-state index in [9.17, 15) is 12.9 Å². The van der Waals surface area contributed by atoms with E-state index < -0.39 is 13.4 Å². The summed E-state index contributed by atoms with van der Waals surface area (Å²) in [4.78, 5) is 0. The van der Waals surface area contributed by atoms with Crippen LogP contribution >= 0.6 is 15.9 Å². The zero-order valence-electron chi connectivity index (χ0n) is 8.55. The normalized spacial score (nSPS) is 12.3. The molecule has 0 amide bonds. The van der Waals surface area contributed by atoms with Gasteiger partial charge in [0, 0.05) is 21.1 Å². The van der Waals surface area contributed by atoms with Gasteiger partial charge in [-0.2, -0.15) is 0 Å². The van der Waals surface area contributed by atoms with Crippen molar-refractivity contribution in [3.05, 3.63) is 34.4 Å². The molecule has 0 bridgehead atoms. The monoisotopic (exact) mass is 290 g/mol. The van der Waals surface area contributed by atoms with E-state index in [0.29, 0.717) is 11.2 Å². The second-order valence-corrected chi connectivity index (χ2v) is 4.53. The fourth-order valence-corrected chi connectivity index (χ4v) is 2.38. The molecule has 0 unspecified atom stereocenters. The number of hydrogen-bond acceptors (Lipinski definition) is 0. The summed E-state index contributed by atoms with van der Waals surface area (Å²) in [6.07, 6.45) is -0.891. The van der Waals surface area contributed by atoms with Crippen LogP contribution in [0.3, 0.4) is 0 Å². The molecule has 2 rings (SSSR count). The minimum absolute atomic E-state index is 0.611. The Morgan fingerprint density at radius 1 is 1.25 bits per heavy atom. The van der Waals surface area contributed by atoms with Crippen molar-refractivity contribution in [1.29, 1.82) is 0 Å². The third kappa shape index (κ3) is 1.98. The summed E-state index contributed by atoms with van der Waals surface area (Å²) in [5.41, 5.74) is 1.23. The lowest BCUT2D eigenvalue weighted by molar-refractivity contribution is 0.446. The quantitative estimate of drug-likeness (QED) is 0.734. The Morgan fingerprint density at radius 2 is 1.88 bits per heavy atom. The van der Waals surface area contributed by atoms with Crippen LogP contribution in [0.1, 0.15) is 5.69 Å². The highest BCUT2D eigenvalue weighted by Gasteiger charge is 2.26. The fourth-order valence-electron chi connectivity index (χ4n) is 1.83. The molecule has 0 N–H and O–H groups in total. The molecular formula is C10H9BBrF3N-. The molecule has 1 aromatic heterocycles. The topological polar surface area (TPSA) is 4.93 Å². The molecule has 0 radical (unpaired) electrons. The van der Waals surface area contributed by atoms with Gasteiger partial charge in [-0.1, -0.05) is 18.2 Å². The standard InChI is InChI=1S/C10H9BBrF3N/c1-7-10(12)8-4-2-3-5-9(8)16(7)6-11(13,14)15/h2-5H,6H2,1H3/q-1. The predicted octanol–water partition coefficient (Wildman–Crippen LogP) is 4.10. The van der Waals surface area contributed by atoms with Gasteiger partial charge in [0.05, 0.1) is 0 Å². The van der Waals surface area contributed by atoms with E-state index in [1.807, 2.05) is 12.1 Å². The minimum Gasteiger partial charge on any atom is -0.448 e. The molecule has 0 fully saturated rings. The summed E-state index contributed by atoms with van der Waals surface area (Å²) >= 11 is 3.33. The number of aromatic nitrogens is 1. The summed E-state index contributed by atoms with van der Waals surface area (Å²) in [7, 11) is 0. The van der Waals surface area contributed by atoms with Crippen molar-refractivity contribution in [1.82, 2.24) is 4.57 Å². The van der Waals surface area contributed by atoms with Gasteiger partial charge in [-0.25, -0.2) is 0 Å². The number of rotatable bonds is 2. The molecule has 0 aliphatic heterocycles. The van der Waals surface area contributed by atoms with Gasteiger partial charge in [0.25, 0.3) is 0 Å². The maximum atomic E-state index is 12.5. The highest BCUT2D eigenvalue weighted by molar-refractivity contribution is 9.10. The first-order valence-electron chi connectivity index (χ1n) is 4.84. The number of halogens is 4. The Labute approximate surface area is 99.4 Å². The summed E-state index contributed by atoms with van der Waals surface area (Å²) in [5, 5.41) is 0.819. The summed E-state index contributed by atoms with van der Waals surface area (Å²) in [6.45, 7) is -3.14. The van der Waals surface area contributed by atoms with E-state index in [1.54, 1.807) is 19.1 Å². The summed E-state index contributed by atoms with van der Waals surface area (Å²) in [5.74, 6) is 0. The molecule has 0 aliphatic carbocycles. The van der Waals surface area contributed by atoms with Crippen LogP contribution in [0.25, 0.3) is 10.9 Å². The lowest BCUT2D eigenvalue weighted by Crippen LogP contribution is -2.24. The fraction of sp³-hybridized carbons (Fsp3) is 0.200. The molecule has 0 aliphatic rings. The van der Waals surface area contributed by atoms with Crippen molar-refractivity contribution in [2.24, 2.45) is 0 Å². The van der Waals surface area contributed by atoms with Crippen molar-refractivity contribution < 1.29 is 12.9 Å². The SMILES string of the molecule is Cc1c(Br)c2ccccc2n1C[B-](F)(F)F. The van der Waals surface area contributed by atoms with Gasteiger partial charge in [-0.05, 0) is 35.4 Å². The minimum atomic E-state index is -4.83. The van der Waals surface area contributed by atoms with E-state index >= 15 is 0 Å². The highest BCUT2D eigenvalue weighted by Crippen LogP contribution is 2.31. The Morgan fingerprint density at radius 3 is 2.50 bits per heavy atom. The Hall–Kier alpha value is -0.905. The van der Waals surface area contributed by atoms with Crippen molar-refractivity contribution in [3.8, 4) is 0 Å². The van der Waals surface area contributed by atoms with Crippen LogP contribution < -0.4 is 0 Å². The predicted molar refractivity (Wildman–Crippen MR) is 63.5 cm³/mol. The Bertz CT molecular complexity index is 533. The number of para-hydroxylation sites is 1. The second-order valence-electron chi connectivity index (χ2n) is 3.74. The molecule has 0 saturated carbocycles. The van der Waals surface area contributed by atoms with E-state index in [2.05, 4.69) is 15.9 Å². The first kappa shape index (κ1) is 11.6. The molecule has 1 heterocycles. The molecule has 86 valence electrons. The molecule has 1 aromatic carbocycles. The summed E-state index contributed by atoms with van der Waals surface area (Å²) < 4.78 is 39.5. The maximum Gasteiger partial charge on any atom is 0.497 e. The average Bonchev–Trinajstić information content (AvgIpc) is 2.43. The van der Waals surface area contributed by atoms with Crippen LogP contribution in [0, 0.1) is 6.92 Å². The van der Waals surface area contributed by atoms with E-state index in [-0.39, 0.29) is 0 Å². The molecule has 0 atom stereocenters. The highest BCUT2D eigenvalue weighted by atomic mass is 79.9. The van der Waals surface area contributed by atoms with Crippen LogP contribution in [0.15, 0.2) is 28.7 Å². The smallest absolute Gasteiger partial charge is 0.448 e. The van der Waals surface area contributed by atoms with Gasteiger partial charge < -0.3 is 17.5 Å². The van der Waals surface area contributed by atoms with Gasteiger partial charge >= 0.3 is 6.98 Å². The Kier molecular flexibility index (Phi) is 2.78. The number of fused-ring (bicyclic) bond motifs is 1. The van der Waals surface area contributed by atoms with Crippen LogP contribution in [0.4, 0.5) is 12.9 Å². The molecule has 6 heteroatoms. The average molecular weight is 291 g/mol. The Balaban J connectivity index is 2.64. The van der Waals surface area contributed by atoms with Crippen molar-refractivity contribution in [2.75, 3.05) is 0 Å². The van der Waals surface area contributed by atoms with Crippen LogP contribution in [-0.2, 0) is 6.44 Å². The molecule has 16 heavy (non-hydrogen) atoms. The molecule has 0 spiro atoms. The van der Waals surface area contributed by atoms with Crippen molar-refractivity contribution in [2.45, 2.75) is 13.4 Å². The number of benzene rings is 1. The van der Waals surface area contributed by atoms with E-state index in [4.69, 9.17) is 0 Å². The maximum absolute atomic E-state index is 12.5. The van der Waals surface area contributed by atoms with Gasteiger partial charge in [0.15, 0.2) is 0 Å². The van der Waals surface area contributed by atoms with Gasteiger partial charge in [-0.15, -0.1) is 0 Å². The zero-order chi connectivity index (χ0) is 11.9. The molecule has 2 aromatic rings. The number of hydrogen-bond donors (Lipinski definition) is 0. The van der Waals surface area contributed by atoms with Crippen LogP contribution in [0.5, 0.6) is 0 Å². The third-order valence-electron chi connectivity index (χ3n) is 2.54. The third-order valence-corrected chi connectivity index (χ3v) is 3.54. The lowest BCUT2D eigenvalue weighted by Gasteiger charge is -2.17. The van der Waals surface area contributed by atoms with Gasteiger partial charge in [0.2, 0.25) is 0 Å². The van der Waals surface area contributed by atoms with Crippen molar-refractivity contribution >= 4 is 33.8 Å². The van der Waals surface area contributed by atoms with Crippen LogP contribution in [0.2, 0.25) is 0 Å². The molecule has 1 nitrogen and oxygen atoms in total. The van der Waals surface area contributed by atoms with Crippen LogP contribution in [-0.4, -0.2) is 11.5 Å². The van der Waals surface area contributed by atoms with E-state index in [1.165, 1.54) is 4.57 Å². The number of nitrogens with zero attached hydrogens (tertiary/aromatic N) is 1. The summed E-state index contributed by atoms with van der Waals surface area (Å²) in [6, 6.07) is 7.07. The van der Waals surface area contributed by atoms with Crippen molar-refractivity contribution in [3.63, 3.8) is 0 Å². The second kappa shape index (κ2) is 3.84. The first-order valence-corrected chi connectivity index (χ1v) is 5.64. The van der Waals surface area contributed by atoms with Gasteiger partial charge in [0.1, 0.15) is 0 Å². The molecule has 0 saturated heterocycles. The first-order chi connectivity index (χ1) is 7.40. The largest absolute Gasteiger partial charge is 0.497 e.